The van der Waals surface area contributed by atoms with Gasteiger partial charge in [0, 0.05) is 0 Å². The van der Waals surface area contributed by atoms with Crippen molar-refractivity contribution in [3.8, 4) is 11.5 Å². The molecule has 19 heavy (non-hydrogen) atoms. The standard InChI is InChI=1S/C17H18O2/c1-11-9-13(3)17(10-12(11)2)19-16-8-6-5-7-15(16)14(4)18/h5-10H,1-4H3. The Morgan fingerprint density at radius 1 is 0.895 bits per heavy atom. The lowest BCUT2D eigenvalue weighted by Crippen LogP contribution is -1.98. The molecular weight excluding hydrogens is 236 g/mol. The van der Waals surface area contributed by atoms with Gasteiger partial charge in [-0.25, -0.2) is 0 Å². The second-order valence-electron chi connectivity index (χ2n) is 4.86. The third-order valence-corrected chi connectivity index (χ3v) is 3.28. The van der Waals surface area contributed by atoms with Gasteiger partial charge < -0.3 is 4.74 Å². The zero-order valence-electron chi connectivity index (χ0n) is 11.8. The van der Waals surface area contributed by atoms with Crippen molar-refractivity contribution in [2.45, 2.75) is 27.7 Å². The van der Waals surface area contributed by atoms with Gasteiger partial charge in [0.25, 0.3) is 0 Å². The summed E-state index contributed by atoms with van der Waals surface area (Å²) in [6.07, 6.45) is 0. The molecule has 0 radical (unpaired) electrons. The van der Waals surface area contributed by atoms with Gasteiger partial charge in [0.15, 0.2) is 5.78 Å². The van der Waals surface area contributed by atoms with E-state index < -0.39 is 0 Å². The monoisotopic (exact) mass is 254 g/mol. The SMILES string of the molecule is CC(=O)c1ccccc1Oc1cc(C)c(C)cc1C. The first-order chi connectivity index (χ1) is 8.99. The predicted molar refractivity (Wildman–Crippen MR) is 77.2 cm³/mol. The van der Waals surface area contributed by atoms with Crippen molar-refractivity contribution in [1.29, 1.82) is 0 Å². The topological polar surface area (TPSA) is 26.3 Å². The fourth-order valence-corrected chi connectivity index (χ4v) is 2.01. The van der Waals surface area contributed by atoms with Crippen LogP contribution in [-0.4, -0.2) is 5.78 Å². The zero-order chi connectivity index (χ0) is 14.0. The lowest BCUT2D eigenvalue weighted by Gasteiger charge is -2.13. The summed E-state index contributed by atoms with van der Waals surface area (Å²) in [7, 11) is 0. The van der Waals surface area contributed by atoms with E-state index in [1.54, 1.807) is 13.0 Å². The molecule has 0 unspecified atom stereocenters. The van der Waals surface area contributed by atoms with E-state index in [9.17, 15) is 4.79 Å². The number of Topliss-reactive ketones (excluding diaryl/α,β-unsaturated/α-hetero) is 1. The van der Waals surface area contributed by atoms with Crippen molar-refractivity contribution >= 4 is 5.78 Å². The van der Waals surface area contributed by atoms with Crippen LogP contribution in [0.25, 0.3) is 0 Å². The maximum Gasteiger partial charge on any atom is 0.163 e. The van der Waals surface area contributed by atoms with Crippen LogP contribution in [0.3, 0.4) is 0 Å². The van der Waals surface area contributed by atoms with E-state index in [0.717, 1.165) is 11.3 Å². The summed E-state index contributed by atoms with van der Waals surface area (Å²) in [5, 5.41) is 0. The maximum atomic E-state index is 11.6. The van der Waals surface area contributed by atoms with Crippen LogP contribution >= 0.6 is 0 Å². The van der Waals surface area contributed by atoms with Crippen LogP contribution in [0.5, 0.6) is 11.5 Å². The highest BCUT2D eigenvalue weighted by atomic mass is 16.5. The Kier molecular flexibility index (Phi) is 3.70. The predicted octanol–water partition coefficient (Wildman–Crippen LogP) is 4.61. The molecule has 2 aromatic rings. The Labute approximate surface area is 114 Å². The zero-order valence-corrected chi connectivity index (χ0v) is 11.8. The number of benzene rings is 2. The molecule has 0 aliphatic rings. The number of hydrogen-bond donors (Lipinski definition) is 0. The summed E-state index contributed by atoms with van der Waals surface area (Å²) in [6, 6.07) is 11.4. The van der Waals surface area contributed by atoms with Gasteiger partial charge in [0.05, 0.1) is 5.56 Å². The molecule has 0 saturated heterocycles. The van der Waals surface area contributed by atoms with Gasteiger partial charge in [-0.2, -0.15) is 0 Å². The molecule has 2 nitrogen and oxygen atoms in total. The van der Waals surface area contributed by atoms with Crippen molar-refractivity contribution in [2.75, 3.05) is 0 Å². The Morgan fingerprint density at radius 3 is 2.21 bits per heavy atom. The van der Waals surface area contributed by atoms with Crippen molar-refractivity contribution < 1.29 is 9.53 Å². The normalized spacial score (nSPS) is 10.3. The van der Waals surface area contributed by atoms with Crippen LogP contribution in [-0.2, 0) is 0 Å². The van der Waals surface area contributed by atoms with Crippen molar-refractivity contribution in [1.82, 2.24) is 0 Å². The highest BCUT2D eigenvalue weighted by Gasteiger charge is 2.10. The summed E-state index contributed by atoms with van der Waals surface area (Å²) in [6.45, 7) is 7.70. The number of carbonyl (C=O) groups is 1. The summed E-state index contributed by atoms with van der Waals surface area (Å²) in [4.78, 5) is 11.6. The second-order valence-corrected chi connectivity index (χ2v) is 4.86. The number of rotatable bonds is 3. The Morgan fingerprint density at radius 2 is 1.53 bits per heavy atom. The van der Waals surface area contributed by atoms with Gasteiger partial charge in [-0.1, -0.05) is 18.2 Å². The maximum absolute atomic E-state index is 11.6. The Balaban J connectivity index is 2.42. The molecule has 2 aromatic carbocycles. The molecular formula is C17H18O2. The number of carbonyl (C=O) groups excluding carboxylic acids is 1. The molecule has 2 rings (SSSR count). The van der Waals surface area contributed by atoms with E-state index in [0.29, 0.717) is 11.3 Å². The minimum Gasteiger partial charge on any atom is -0.456 e. The van der Waals surface area contributed by atoms with Crippen LogP contribution < -0.4 is 4.74 Å². The van der Waals surface area contributed by atoms with Crippen molar-refractivity contribution in [3.63, 3.8) is 0 Å². The molecule has 2 heteroatoms. The lowest BCUT2D eigenvalue weighted by molar-refractivity contribution is 0.101. The molecule has 0 spiro atoms. The average molecular weight is 254 g/mol. The Hall–Kier alpha value is -2.09. The second kappa shape index (κ2) is 5.27. The molecule has 0 saturated carbocycles. The minimum atomic E-state index is 0.0112. The van der Waals surface area contributed by atoms with E-state index >= 15 is 0 Å². The van der Waals surface area contributed by atoms with E-state index in [1.807, 2.05) is 31.2 Å². The quantitative estimate of drug-likeness (QED) is 0.748. The van der Waals surface area contributed by atoms with Gasteiger partial charge in [-0.15, -0.1) is 0 Å². The fourth-order valence-electron chi connectivity index (χ4n) is 2.01. The van der Waals surface area contributed by atoms with Gasteiger partial charge in [-0.05, 0) is 62.6 Å². The molecule has 98 valence electrons. The van der Waals surface area contributed by atoms with Crippen molar-refractivity contribution in [3.05, 3.63) is 58.7 Å². The fraction of sp³-hybridized carbons (Fsp3) is 0.235. The first-order valence-corrected chi connectivity index (χ1v) is 6.34. The summed E-state index contributed by atoms with van der Waals surface area (Å²) in [5.41, 5.74) is 4.10. The summed E-state index contributed by atoms with van der Waals surface area (Å²) in [5.74, 6) is 1.43. The lowest BCUT2D eigenvalue weighted by atomic mass is 10.1. The van der Waals surface area contributed by atoms with Gasteiger partial charge >= 0.3 is 0 Å². The largest absolute Gasteiger partial charge is 0.456 e. The van der Waals surface area contributed by atoms with Crippen LogP contribution in [0.15, 0.2) is 36.4 Å². The first-order valence-electron chi connectivity index (χ1n) is 6.34. The number of ether oxygens (including phenoxy) is 1. The number of para-hydroxylation sites is 1. The van der Waals surface area contributed by atoms with Gasteiger partial charge in [0.2, 0.25) is 0 Å². The Bertz CT molecular complexity index is 627. The third kappa shape index (κ3) is 2.84. The molecule has 0 aliphatic heterocycles. The highest BCUT2D eigenvalue weighted by Crippen LogP contribution is 2.30. The first kappa shape index (κ1) is 13.3. The highest BCUT2D eigenvalue weighted by molar-refractivity contribution is 5.96. The smallest absolute Gasteiger partial charge is 0.163 e. The molecule has 0 N–H and O–H groups in total. The van der Waals surface area contributed by atoms with Crippen LogP contribution in [0, 0.1) is 20.8 Å². The molecule has 0 bridgehead atoms. The van der Waals surface area contributed by atoms with Crippen molar-refractivity contribution in [2.24, 2.45) is 0 Å². The summed E-state index contributed by atoms with van der Waals surface area (Å²) >= 11 is 0. The number of hydrogen-bond acceptors (Lipinski definition) is 2. The number of aryl methyl sites for hydroxylation is 3. The average Bonchev–Trinajstić information content (AvgIpc) is 2.36. The molecule has 0 fully saturated rings. The van der Waals surface area contributed by atoms with Gasteiger partial charge in [-0.3, -0.25) is 4.79 Å². The van der Waals surface area contributed by atoms with E-state index in [-0.39, 0.29) is 5.78 Å². The van der Waals surface area contributed by atoms with Gasteiger partial charge in [0.1, 0.15) is 11.5 Å². The third-order valence-electron chi connectivity index (χ3n) is 3.28. The van der Waals surface area contributed by atoms with Crippen LogP contribution in [0.2, 0.25) is 0 Å². The summed E-state index contributed by atoms with van der Waals surface area (Å²) < 4.78 is 5.92. The molecule has 0 amide bonds. The van der Waals surface area contributed by atoms with Crippen LogP contribution in [0.4, 0.5) is 0 Å². The van der Waals surface area contributed by atoms with E-state index in [4.69, 9.17) is 4.74 Å². The molecule has 0 heterocycles. The minimum absolute atomic E-state index is 0.0112. The van der Waals surface area contributed by atoms with E-state index in [1.165, 1.54) is 11.1 Å². The van der Waals surface area contributed by atoms with Crippen LogP contribution in [0.1, 0.15) is 34.0 Å². The molecule has 0 atom stereocenters. The molecule has 0 aromatic heterocycles. The van der Waals surface area contributed by atoms with E-state index in [2.05, 4.69) is 19.9 Å². The number of ketones is 1. The molecule has 0 aliphatic carbocycles.